The van der Waals surface area contributed by atoms with Crippen LogP contribution in [-0.4, -0.2) is 8.75 Å². The van der Waals surface area contributed by atoms with Crippen molar-refractivity contribution >= 4 is 34.4 Å². The second-order valence-corrected chi connectivity index (χ2v) is 3.30. The van der Waals surface area contributed by atoms with Gasteiger partial charge in [-0.3, -0.25) is 0 Å². The Balaban J connectivity index is 2.83. The lowest BCUT2D eigenvalue weighted by molar-refractivity contribution is 1.08. The molecule has 3 nitrogen and oxygen atoms in total. The van der Waals surface area contributed by atoms with Crippen LogP contribution in [0.25, 0.3) is 11.0 Å². The number of fused-ring (bicyclic) bond motifs is 1. The molecule has 1 aromatic carbocycles. The van der Waals surface area contributed by atoms with Crippen molar-refractivity contribution in [2.45, 2.75) is 6.54 Å². The van der Waals surface area contributed by atoms with Crippen LogP contribution in [0.1, 0.15) is 5.56 Å². The van der Waals surface area contributed by atoms with Crippen molar-refractivity contribution in [1.82, 2.24) is 8.75 Å². The molecule has 1 aromatic heterocycles. The molecule has 2 rings (SSSR count). The van der Waals surface area contributed by atoms with Crippen LogP contribution in [0.4, 0.5) is 0 Å². The van der Waals surface area contributed by atoms with Gasteiger partial charge in [-0.2, -0.15) is 8.75 Å². The Morgan fingerprint density at radius 3 is 3.00 bits per heavy atom. The molecule has 0 aliphatic heterocycles. The van der Waals surface area contributed by atoms with Crippen LogP contribution >= 0.6 is 23.3 Å². The van der Waals surface area contributed by atoms with Gasteiger partial charge < -0.3 is 5.73 Å². The van der Waals surface area contributed by atoms with E-state index in [-0.39, 0.29) is 0 Å². The number of nitrogens with zero attached hydrogens (tertiary/aromatic N) is 2. The predicted molar refractivity (Wildman–Crippen MR) is 50.3 cm³/mol. The first-order valence-electron chi connectivity index (χ1n) is 3.42. The number of hydrogen-bond donors (Lipinski definition) is 1. The number of halogens is 1. The molecule has 0 aliphatic carbocycles. The predicted octanol–water partition coefficient (Wildman–Crippen LogP) is 1.80. The molecule has 0 aliphatic rings. The zero-order valence-electron chi connectivity index (χ0n) is 6.12. The van der Waals surface area contributed by atoms with E-state index >= 15 is 0 Å². The van der Waals surface area contributed by atoms with Crippen molar-refractivity contribution in [3.63, 3.8) is 0 Å². The van der Waals surface area contributed by atoms with Gasteiger partial charge in [0, 0.05) is 17.1 Å². The molecule has 0 fully saturated rings. The van der Waals surface area contributed by atoms with E-state index in [0.29, 0.717) is 11.6 Å². The Hall–Kier alpha value is -0.710. The van der Waals surface area contributed by atoms with Gasteiger partial charge in [-0.05, 0) is 12.1 Å². The highest BCUT2D eigenvalue weighted by atomic mass is 35.5. The first kappa shape index (κ1) is 7.91. The average molecular weight is 200 g/mol. The molecule has 0 saturated carbocycles. The summed E-state index contributed by atoms with van der Waals surface area (Å²) in [5, 5.41) is 0.665. The number of benzene rings is 1. The quantitative estimate of drug-likeness (QED) is 0.762. The molecule has 5 heteroatoms. The minimum Gasteiger partial charge on any atom is -0.326 e. The van der Waals surface area contributed by atoms with Gasteiger partial charge in [0.15, 0.2) is 0 Å². The lowest BCUT2D eigenvalue weighted by atomic mass is 10.2. The van der Waals surface area contributed by atoms with Crippen LogP contribution in [0.3, 0.4) is 0 Å². The monoisotopic (exact) mass is 199 g/mol. The van der Waals surface area contributed by atoms with E-state index in [1.165, 1.54) is 11.7 Å². The van der Waals surface area contributed by atoms with E-state index in [1.807, 2.05) is 6.07 Å². The third-order valence-corrected chi connectivity index (χ3v) is 2.58. The normalized spacial score (nSPS) is 10.8. The average Bonchev–Trinajstić information content (AvgIpc) is 2.52. The molecular weight excluding hydrogens is 194 g/mol. The molecule has 12 heavy (non-hydrogen) atoms. The first-order chi connectivity index (χ1) is 5.83. The molecule has 0 atom stereocenters. The maximum atomic E-state index is 5.92. The van der Waals surface area contributed by atoms with Crippen molar-refractivity contribution in [3.05, 3.63) is 22.7 Å². The SMILES string of the molecule is NCc1c(Cl)ccc2nsnc12. The molecule has 0 radical (unpaired) electrons. The highest BCUT2D eigenvalue weighted by Crippen LogP contribution is 2.23. The van der Waals surface area contributed by atoms with Crippen LogP contribution in [0.2, 0.25) is 5.02 Å². The summed E-state index contributed by atoms with van der Waals surface area (Å²) in [6, 6.07) is 3.65. The Bertz CT molecular complexity index is 412. The summed E-state index contributed by atoms with van der Waals surface area (Å²) in [4.78, 5) is 0. The van der Waals surface area contributed by atoms with E-state index in [9.17, 15) is 0 Å². The van der Waals surface area contributed by atoms with Gasteiger partial charge in [0.1, 0.15) is 11.0 Å². The van der Waals surface area contributed by atoms with Crippen LogP contribution in [0.5, 0.6) is 0 Å². The zero-order valence-corrected chi connectivity index (χ0v) is 7.69. The summed E-state index contributed by atoms with van der Waals surface area (Å²) in [6.07, 6.45) is 0. The van der Waals surface area contributed by atoms with Gasteiger partial charge in [-0.25, -0.2) is 0 Å². The molecular formula is C7H6ClN3S. The van der Waals surface area contributed by atoms with Crippen molar-refractivity contribution in [2.75, 3.05) is 0 Å². The summed E-state index contributed by atoms with van der Waals surface area (Å²) >= 11 is 7.09. The number of rotatable bonds is 1. The van der Waals surface area contributed by atoms with E-state index in [0.717, 1.165) is 16.6 Å². The first-order valence-corrected chi connectivity index (χ1v) is 4.53. The van der Waals surface area contributed by atoms with Gasteiger partial charge in [-0.15, -0.1) is 0 Å². The highest BCUT2D eigenvalue weighted by Gasteiger charge is 2.07. The van der Waals surface area contributed by atoms with Crippen LogP contribution in [0, 0.1) is 0 Å². The summed E-state index contributed by atoms with van der Waals surface area (Å²) in [5.41, 5.74) is 8.10. The van der Waals surface area contributed by atoms with Crippen LogP contribution < -0.4 is 5.73 Å². The Morgan fingerprint density at radius 1 is 1.42 bits per heavy atom. The van der Waals surface area contributed by atoms with Gasteiger partial charge in [0.2, 0.25) is 0 Å². The van der Waals surface area contributed by atoms with Crippen molar-refractivity contribution < 1.29 is 0 Å². The van der Waals surface area contributed by atoms with Crippen molar-refractivity contribution in [1.29, 1.82) is 0 Å². The topological polar surface area (TPSA) is 51.8 Å². The summed E-state index contributed by atoms with van der Waals surface area (Å²) in [6.45, 7) is 0.404. The molecule has 62 valence electrons. The molecule has 1 heterocycles. The van der Waals surface area contributed by atoms with E-state index < -0.39 is 0 Å². The minimum absolute atomic E-state index is 0.404. The summed E-state index contributed by atoms with van der Waals surface area (Å²) < 4.78 is 8.20. The third kappa shape index (κ3) is 1.08. The molecule has 0 bridgehead atoms. The third-order valence-electron chi connectivity index (χ3n) is 1.68. The lowest BCUT2D eigenvalue weighted by Gasteiger charge is -1.99. The van der Waals surface area contributed by atoms with Crippen molar-refractivity contribution in [3.8, 4) is 0 Å². The Labute approximate surface area is 78.5 Å². The van der Waals surface area contributed by atoms with E-state index in [1.54, 1.807) is 6.07 Å². The lowest BCUT2D eigenvalue weighted by Crippen LogP contribution is -1.98. The van der Waals surface area contributed by atoms with Crippen LogP contribution in [-0.2, 0) is 6.54 Å². The molecule has 0 amide bonds. The molecule has 2 aromatic rings. The maximum Gasteiger partial charge on any atom is 0.110 e. The van der Waals surface area contributed by atoms with Crippen LogP contribution in [0.15, 0.2) is 12.1 Å². The summed E-state index contributed by atoms with van der Waals surface area (Å²) in [5.74, 6) is 0. The van der Waals surface area contributed by atoms with Gasteiger partial charge >= 0.3 is 0 Å². The maximum absolute atomic E-state index is 5.92. The Morgan fingerprint density at radius 2 is 2.25 bits per heavy atom. The molecule has 0 saturated heterocycles. The van der Waals surface area contributed by atoms with Gasteiger partial charge in [-0.1, -0.05) is 11.6 Å². The van der Waals surface area contributed by atoms with Gasteiger partial charge in [0.05, 0.1) is 11.7 Å². The van der Waals surface area contributed by atoms with E-state index in [4.69, 9.17) is 17.3 Å². The summed E-state index contributed by atoms with van der Waals surface area (Å²) in [7, 11) is 0. The minimum atomic E-state index is 0.404. The smallest absolute Gasteiger partial charge is 0.110 e. The fourth-order valence-corrected chi connectivity index (χ4v) is 1.87. The fourth-order valence-electron chi connectivity index (χ4n) is 1.07. The van der Waals surface area contributed by atoms with Gasteiger partial charge in [0.25, 0.3) is 0 Å². The second kappa shape index (κ2) is 2.97. The number of nitrogens with two attached hydrogens (primary N) is 1. The standard InChI is InChI=1S/C7H6ClN3S/c8-5-1-2-6-7(4(5)3-9)11-12-10-6/h1-2H,3,9H2. The molecule has 2 N–H and O–H groups in total. The largest absolute Gasteiger partial charge is 0.326 e. The molecule has 0 unspecified atom stereocenters. The Kier molecular flexibility index (Phi) is 1.96. The second-order valence-electron chi connectivity index (χ2n) is 2.36. The van der Waals surface area contributed by atoms with E-state index in [2.05, 4.69) is 8.75 Å². The molecule has 0 spiro atoms. The fraction of sp³-hybridized carbons (Fsp3) is 0.143. The zero-order chi connectivity index (χ0) is 8.55. The van der Waals surface area contributed by atoms with Crippen molar-refractivity contribution in [2.24, 2.45) is 5.73 Å². The number of aromatic nitrogens is 2. The number of hydrogen-bond acceptors (Lipinski definition) is 4. The highest BCUT2D eigenvalue weighted by molar-refractivity contribution is 7.00.